The molecule has 0 aliphatic carbocycles. The van der Waals surface area contributed by atoms with E-state index in [0.717, 1.165) is 37.1 Å². The summed E-state index contributed by atoms with van der Waals surface area (Å²) in [6.07, 6.45) is 3.38. The zero-order valence-corrected chi connectivity index (χ0v) is 13.3. The molecule has 1 atom stereocenters. The zero-order chi connectivity index (χ0) is 16.1. The van der Waals surface area contributed by atoms with Crippen LogP contribution in [0.25, 0.3) is 0 Å². The second-order valence-corrected chi connectivity index (χ2v) is 6.17. The van der Waals surface area contributed by atoms with Gasteiger partial charge in [0, 0.05) is 11.7 Å². The first-order chi connectivity index (χ1) is 10.5. The summed E-state index contributed by atoms with van der Waals surface area (Å²) in [6, 6.07) is 7.59. The summed E-state index contributed by atoms with van der Waals surface area (Å²) >= 11 is 0. The Hall–Kier alpha value is -1.88. The number of rotatable bonds is 5. The van der Waals surface area contributed by atoms with E-state index in [1.54, 1.807) is 0 Å². The van der Waals surface area contributed by atoms with Crippen LogP contribution in [0, 0.1) is 0 Å². The number of hydrogen-bond donors (Lipinski definition) is 2. The fourth-order valence-corrected chi connectivity index (χ4v) is 2.99. The summed E-state index contributed by atoms with van der Waals surface area (Å²) in [5.74, 6) is -0.303. The van der Waals surface area contributed by atoms with Gasteiger partial charge in [0.15, 0.2) is 0 Å². The average Bonchev–Trinajstić information content (AvgIpc) is 2.48. The van der Waals surface area contributed by atoms with Gasteiger partial charge in [-0.2, -0.15) is 0 Å². The second kappa shape index (κ2) is 7.40. The minimum Gasteiger partial charge on any atom is -0.369 e. The van der Waals surface area contributed by atoms with Crippen LogP contribution in [0.5, 0.6) is 0 Å². The summed E-state index contributed by atoms with van der Waals surface area (Å²) in [6.45, 7) is 5.24. The lowest BCUT2D eigenvalue weighted by molar-refractivity contribution is -0.123. The van der Waals surface area contributed by atoms with Crippen LogP contribution in [0.15, 0.2) is 24.3 Å². The van der Waals surface area contributed by atoms with Crippen molar-refractivity contribution in [2.75, 3.05) is 11.9 Å². The van der Waals surface area contributed by atoms with Crippen molar-refractivity contribution in [3.63, 3.8) is 0 Å². The SMILES string of the molecule is CC(C)N1CCCC[C@@H]1C(=O)Nc1ccc(CC(N)=O)cc1. The Morgan fingerprint density at radius 2 is 1.95 bits per heavy atom. The van der Waals surface area contributed by atoms with Gasteiger partial charge >= 0.3 is 0 Å². The number of benzene rings is 1. The lowest BCUT2D eigenvalue weighted by Gasteiger charge is -2.37. The predicted molar refractivity (Wildman–Crippen MR) is 87.5 cm³/mol. The lowest BCUT2D eigenvalue weighted by atomic mass is 9.99. The molecular weight excluding hydrogens is 278 g/mol. The Bertz CT molecular complexity index is 525. The number of nitrogens with two attached hydrogens (primary N) is 1. The van der Waals surface area contributed by atoms with Gasteiger partial charge in [0.05, 0.1) is 12.5 Å². The molecule has 0 unspecified atom stereocenters. The van der Waals surface area contributed by atoms with Crippen LogP contribution >= 0.6 is 0 Å². The highest BCUT2D eigenvalue weighted by molar-refractivity contribution is 5.95. The fourth-order valence-electron chi connectivity index (χ4n) is 2.99. The first-order valence-corrected chi connectivity index (χ1v) is 7.91. The third-order valence-corrected chi connectivity index (χ3v) is 4.11. The van der Waals surface area contributed by atoms with Gasteiger partial charge in [-0.15, -0.1) is 0 Å². The maximum Gasteiger partial charge on any atom is 0.241 e. The number of carbonyl (C=O) groups is 2. The summed E-state index contributed by atoms with van der Waals surface area (Å²) in [7, 11) is 0. The van der Waals surface area contributed by atoms with Crippen LogP contribution in [-0.2, 0) is 16.0 Å². The molecule has 2 amide bonds. The predicted octanol–water partition coefficient (Wildman–Crippen LogP) is 1.92. The highest BCUT2D eigenvalue weighted by atomic mass is 16.2. The normalized spacial score (nSPS) is 19.1. The molecular formula is C17H25N3O2. The van der Waals surface area contributed by atoms with Crippen molar-refractivity contribution < 1.29 is 9.59 Å². The molecule has 22 heavy (non-hydrogen) atoms. The van der Waals surface area contributed by atoms with Gasteiger partial charge in [0.1, 0.15) is 0 Å². The van der Waals surface area contributed by atoms with Crippen molar-refractivity contribution in [2.45, 2.75) is 51.6 Å². The van der Waals surface area contributed by atoms with Gasteiger partial charge in [0.25, 0.3) is 0 Å². The second-order valence-electron chi connectivity index (χ2n) is 6.17. The molecule has 0 saturated carbocycles. The van der Waals surface area contributed by atoms with Gasteiger partial charge in [-0.05, 0) is 50.9 Å². The molecule has 0 radical (unpaired) electrons. The molecule has 5 nitrogen and oxygen atoms in total. The number of amides is 2. The number of nitrogens with zero attached hydrogens (tertiary/aromatic N) is 1. The number of piperidine rings is 1. The van der Waals surface area contributed by atoms with Crippen molar-refractivity contribution in [2.24, 2.45) is 5.73 Å². The van der Waals surface area contributed by atoms with Crippen LogP contribution in [-0.4, -0.2) is 35.3 Å². The molecule has 0 bridgehead atoms. The van der Waals surface area contributed by atoms with E-state index >= 15 is 0 Å². The van der Waals surface area contributed by atoms with Gasteiger partial charge in [0.2, 0.25) is 11.8 Å². The molecule has 1 fully saturated rings. The minimum absolute atomic E-state index is 0.0519. The molecule has 0 aromatic heterocycles. The van der Waals surface area contributed by atoms with E-state index in [-0.39, 0.29) is 24.3 Å². The molecule has 2 rings (SSSR count). The molecule has 1 aliphatic rings. The summed E-state index contributed by atoms with van der Waals surface area (Å²) in [5, 5.41) is 2.98. The van der Waals surface area contributed by atoms with Crippen molar-refractivity contribution in [1.29, 1.82) is 0 Å². The molecule has 0 spiro atoms. The van der Waals surface area contributed by atoms with E-state index in [4.69, 9.17) is 5.73 Å². The topological polar surface area (TPSA) is 75.4 Å². The van der Waals surface area contributed by atoms with Crippen molar-refractivity contribution in [3.05, 3.63) is 29.8 Å². The van der Waals surface area contributed by atoms with Crippen LogP contribution in [0.4, 0.5) is 5.69 Å². The number of anilines is 1. The van der Waals surface area contributed by atoms with Gasteiger partial charge < -0.3 is 11.1 Å². The Balaban J connectivity index is 1.99. The maximum atomic E-state index is 12.5. The Kier molecular flexibility index (Phi) is 5.55. The zero-order valence-electron chi connectivity index (χ0n) is 13.3. The van der Waals surface area contributed by atoms with E-state index < -0.39 is 0 Å². The molecule has 1 aromatic carbocycles. The van der Waals surface area contributed by atoms with Crippen LogP contribution < -0.4 is 11.1 Å². The van der Waals surface area contributed by atoms with Crippen LogP contribution in [0.1, 0.15) is 38.7 Å². The smallest absolute Gasteiger partial charge is 0.241 e. The standard InChI is InChI=1S/C17H25N3O2/c1-12(2)20-10-4-3-5-15(20)17(22)19-14-8-6-13(7-9-14)11-16(18)21/h6-9,12,15H,3-5,10-11H2,1-2H3,(H2,18,21)(H,19,22)/t15-/m1/s1. The van der Waals surface area contributed by atoms with E-state index in [1.165, 1.54) is 0 Å². The lowest BCUT2D eigenvalue weighted by Crippen LogP contribution is -2.50. The number of hydrogen-bond acceptors (Lipinski definition) is 3. The van der Waals surface area contributed by atoms with Crippen LogP contribution in [0.2, 0.25) is 0 Å². The van der Waals surface area contributed by atoms with Crippen LogP contribution in [0.3, 0.4) is 0 Å². The Morgan fingerprint density at radius 3 is 2.55 bits per heavy atom. The summed E-state index contributed by atoms with van der Waals surface area (Å²) in [4.78, 5) is 25.7. The molecule has 1 aliphatic heterocycles. The van der Waals surface area contributed by atoms with Crippen molar-refractivity contribution in [3.8, 4) is 0 Å². The molecule has 3 N–H and O–H groups in total. The van der Waals surface area contributed by atoms with Crippen molar-refractivity contribution in [1.82, 2.24) is 4.90 Å². The number of carbonyl (C=O) groups excluding carboxylic acids is 2. The quantitative estimate of drug-likeness (QED) is 0.872. The minimum atomic E-state index is -0.355. The number of likely N-dealkylation sites (tertiary alicyclic amines) is 1. The number of nitrogens with one attached hydrogen (secondary N) is 1. The fraction of sp³-hybridized carbons (Fsp3) is 0.529. The first-order valence-electron chi connectivity index (χ1n) is 7.91. The van der Waals surface area contributed by atoms with Gasteiger partial charge in [-0.1, -0.05) is 18.6 Å². The Labute approximate surface area is 131 Å². The summed E-state index contributed by atoms with van der Waals surface area (Å²) in [5.41, 5.74) is 6.78. The largest absolute Gasteiger partial charge is 0.369 e. The molecule has 5 heteroatoms. The van der Waals surface area contributed by atoms with E-state index in [0.29, 0.717) is 6.04 Å². The number of primary amides is 1. The highest BCUT2D eigenvalue weighted by Crippen LogP contribution is 2.21. The molecule has 120 valence electrons. The average molecular weight is 303 g/mol. The van der Waals surface area contributed by atoms with Gasteiger partial charge in [-0.25, -0.2) is 0 Å². The van der Waals surface area contributed by atoms with Crippen molar-refractivity contribution >= 4 is 17.5 Å². The van der Waals surface area contributed by atoms with E-state index in [2.05, 4.69) is 24.1 Å². The van der Waals surface area contributed by atoms with Gasteiger partial charge in [-0.3, -0.25) is 14.5 Å². The molecule has 1 heterocycles. The third kappa shape index (κ3) is 4.31. The monoisotopic (exact) mass is 303 g/mol. The molecule has 1 saturated heterocycles. The van der Waals surface area contributed by atoms with E-state index in [9.17, 15) is 9.59 Å². The first kappa shape index (κ1) is 16.5. The Morgan fingerprint density at radius 1 is 1.27 bits per heavy atom. The summed E-state index contributed by atoms with van der Waals surface area (Å²) < 4.78 is 0. The van der Waals surface area contributed by atoms with E-state index in [1.807, 2.05) is 24.3 Å². The molecule has 1 aromatic rings. The maximum absolute atomic E-state index is 12.5. The highest BCUT2D eigenvalue weighted by Gasteiger charge is 2.30. The third-order valence-electron chi connectivity index (χ3n) is 4.11.